The van der Waals surface area contributed by atoms with Gasteiger partial charge in [-0.15, -0.1) is 0 Å². The van der Waals surface area contributed by atoms with Crippen LogP contribution in [0.25, 0.3) is 0 Å². The highest BCUT2D eigenvalue weighted by molar-refractivity contribution is 9.10. The lowest BCUT2D eigenvalue weighted by Crippen LogP contribution is -2.49. The second kappa shape index (κ2) is 6.06. The van der Waals surface area contributed by atoms with E-state index >= 15 is 0 Å². The molecule has 0 bridgehead atoms. The topological polar surface area (TPSA) is 46.3 Å². The first-order chi connectivity index (χ1) is 9.04. The van der Waals surface area contributed by atoms with Crippen molar-refractivity contribution in [1.82, 2.24) is 4.90 Å². The normalized spacial score (nSPS) is 23.5. The second-order valence-corrected chi connectivity index (χ2v) is 6.14. The Morgan fingerprint density at radius 3 is 2.95 bits per heavy atom. The zero-order chi connectivity index (χ0) is 14.0. The summed E-state index contributed by atoms with van der Waals surface area (Å²) in [5.74, 6) is 0.550. The van der Waals surface area contributed by atoms with E-state index in [0.29, 0.717) is 5.92 Å². The van der Waals surface area contributed by atoms with E-state index in [0.717, 1.165) is 41.5 Å². The van der Waals surface area contributed by atoms with Gasteiger partial charge in [-0.25, -0.2) is 0 Å². The van der Waals surface area contributed by atoms with Gasteiger partial charge in [0.2, 0.25) is 0 Å². The zero-order valence-corrected chi connectivity index (χ0v) is 13.1. The Morgan fingerprint density at radius 1 is 1.53 bits per heavy atom. The number of hydrogen-bond donors (Lipinski definition) is 1. The molecule has 2 unspecified atom stereocenters. The number of piperidine rings is 1. The summed E-state index contributed by atoms with van der Waals surface area (Å²) in [5, 5.41) is 0. The van der Waals surface area contributed by atoms with E-state index in [9.17, 15) is 4.79 Å². The molecular formula is C15H21BrN2O. The number of hydrogen-bond acceptors (Lipinski definition) is 2. The Bertz CT molecular complexity index is 475. The van der Waals surface area contributed by atoms with E-state index in [1.54, 1.807) is 0 Å². The fourth-order valence-corrected chi connectivity index (χ4v) is 3.04. The van der Waals surface area contributed by atoms with E-state index in [4.69, 9.17) is 5.73 Å². The molecule has 104 valence electrons. The summed E-state index contributed by atoms with van der Waals surface area (Å²) >= 11 is 3.48. The number of carbonyl (C=O) groups is 1. The third kappa shape index (κ3) is 3.00. The molecule has 1 aliphatic heterocycles. The molecule has 1 heterocycles. The molecule has 2 atom stereocenters. The van der Waals surface area contributed by atoms with Crippen LogP contribution < -0.4 is 5.73 Å². The molecular weight excluding hydrogens is 304 g/mol. The van der Waals surface area contributed by atoms with Crippen LogP contribution in [-0.4, -0.2) is 29.9 Å². The third-order valence-corrected chi connectivity index (χ3v) is 4.96. The van der Waals surface area contributed by atoms with E-state index in [1.165, 1.54) is 0 Å². The molecule has 3 nitrogen and oxygen atoms in total. The highest BCUT2D eigenvalue weighted by Crippen LogP contribution is 2.24. The Labute approximate surface area is 123 Å². The lowest BCUT2D eigenvalue weighted by atomic mass is 9.90. The molecule has 0 radical (unpaired) electrons. The largest absolute Gasteiger partial charge is 0.338 e. The average Bonchev–Trinajstić information content (AvgIpc) is 2.41. The maximum Gasteiger partial charge on any atom is 0.254 e. The van der Waals surface area contributed by atoms with Crippen molar-refractivity contribution in [2.45, 2.75) is 32.7 Å². The van der Waals surface area contributed by atoms with Gasteiger partial charge in [0.25, 0.3) is 5.91 Å². The van der Waals surface area contributed by atoms with Gasteiger partial charge in [-0.1, -0.05) is 35.3 Å². The van der Waals surface area contributed by atoms with Crippen molar-refractivity contribution in [3.63, 3.8) is 0 Å². The predicted octanol–water partition coefficient (Wildman–Crippen LogP) is 2.96. The summed E-state index contributed by atoms with van der Waals surface area (Å²) in [6.45, 7) is 5.66. The highest BCUT2D eigenvalue weighted by Gasteiger charge is 2.29. The van der Waals surface area contributed by atoms with Gasteiger partial charge in [0, 0.05) is 29.2 Å². The van der Waals surface area contributed by atoms with Crippen LogP contribution in [0.2, 0.25) is 0 Å². The second-order valence-electron chi connectivity index (χ2n) is 5.28. The number of rotatable bonds is 2. The Morgan fingerprint density at radius 2 is 2.26 bits per heavy atom. The van der Waals surface area contributed by atoms with Crippen LogP contribution in [0.4, 0.5) is 0 Å². The number of benzene rings is 1. The molecule has 1 saturated heterocycles. The molecule has 1 aliphatic rings. The summed E-state index contributed by atoms with van der Waals surface area (Å²) in [4.78, 5) is 14.6. The molecule has 19 heavy (non-hydrogen) atoms. The number of carbonyl (C=O) groups excluding carboxylic acids is 1. The molecule has 1 fully saturated rings. The Hall–Kier alpha value is -0.870. The van der Waals surface area contributed by atoms with Gasteiger partial charge >= 0.3 is 0 Å². The van der Waals surface area contributed by atoms with Crippen molar-refractivity contribution >= 4 is 21.8 Å². The summed E-state index contributed by atoms with van der Waals surface area (Å²) in [7, 11) is 0. The molecule has 2 N–H and O–H groups in total. The van der Waals surface area contributed by atoms with Gasteiger partial charge in [-0.2, -0.15) is 0 Å². The SMILES string of the molecule is CCC1CN(C(=O)c2cccc(Br)c2C)CCC1N. The van der Waals surface area contributed by atoms with Gasteiger partial charge in [0.15, 0.2) is 0 Å². The number of nitrogens with zero attached hydrogens (tertiary/aromatic N) is 1. The minimum atomic E-state index is 0.129. The molecule has 0 aromatic heterocycles. The van der Waals surface area contributed by atoms with Crippen molar-refractivity contribution < 1.29 is 4.79 Å². The first-order valence-electron chi connectivity index (χ1n) is 6.84. The zero-order valence-electron chi connectivity index (χ0n) is 11.5. The van der Waals surface area contributed by atoms with Crippen LogP contribution in [0, 0.1) is 12.8 Å². The van der Waals surface area contributed by atoms with E-state index in [2.05, 4.69) is 22.9 Å². The third-order valence-electron chi connectivity index (χ3n) is 4.10. The minimum absolute atomic E-state index is 0.129. The molecule has 0 saturated carbocycles. The quantitative estimate of drug-likeness (QED) is 0.909. The van der Waals surface area contributed by atoms with Crippen molar-refractivity contribution in [2.24, 2.45) is 11.7 Å². The van der Waals surface area contributed by atoms with Crippen LogP contribution in [0.5, 0.6) is 0 Å². The van der Waals surface area contributed by atoms with E-state index in [1.807, 2.05) is 30.0 Å². The van der Waals surface area contributed by atoms with Crippen molar-refractivity contribution in [2.75, 3.05) is 13.1 Å². The predicted molar refractivity (Wildman–Crippen MR) is 81.2 cm³/mol. The van der Waals surface area contributed by atoms with Crippen LogP contribution in [0.1, 0.15) is 35.7 Å². The lowest BCUT2D eigenvalue weighted by Gasteiger charge is -2.36. The summed E-state index contributed by atoms with van der Waals surface area (Å²) in [6.07, 6.45) is 1.93. The van der Waals surface area contributed by atoms with Gasteiger partial charge in [0.1, 0.15) is 0 Å². The summed E-state index contributed by atoms with van der Waals surface area (Å²) < 4.78 is 0.985. The van der Waals surface area contributed by atoms with Gasteiger partial charge in [-0.3, -0.25) is 4.79 Å². The molecule has 2 rings (SSSR count). The standard InChI is InChI=1S/C15H21BrN2O/c1-3-11-9-18(8-7-14(11)17)15(19)12-5-4-6-13(16)10(12)2/h4-6,11,14H,3,7-9,17H2,1-2H3. The Kier molecular flexibility index (Phi) is 4.63. The lowest BCUT2D eigenvalue weighted by molar-refractivity contribution is 0.0648. The fourth-order valence-electron chi connectivity index (χ4n) is 2.68. The number of nitrogens with two attached hydrogens (primary N) is 1. The van der Waals surface area contributed by atoms with Crippen LogP contribution >= 0.6 is 15.9 Å². The number of amides is 1. The summed E-state index contributed by atoms with van der Waals surface area (Å²) in [6, 6.07) is 6.01. The number of halogens is 1. The van der Waals surface area contributed by atoms with Crippen molar-refractivity contribution in [3.8, 4) is 0 Å². The van der Waals surface area contributed by atoms with Gasteiger partial charge < -0.3 is 10.6 Å². The molecule has 4 heteroatoms. The van der Waals surface area contributed by atoms with E-state index < -0.39 is 0 Å². The first-order valence-corrected chi connectivity index (χ1v) is 7.63. The first kappa shape index (κ1) is 14.5. The van der Waals surface area contributed by atoms with Crippen LogP contribution in [0.15, 0.2) is 22.7 Å². The Balaban J connectivity index is 2.18. The molecule has 1 aromatic carbocycles. The maximum atomic E-state index is 12.6. The van der Waals surface area contributed by atoms with Crippen LogP contribution in [-0.2, 0) is 0 Å². The fraction of sp³-hybridized carbons (Fsp3) is 0.533. The van der Waals surface area contributed by atoms with E-state index in [-0.39, 0.29) is 11.9 Å². The van der Waals surface area contributed by atoms with Gasteiger partial charge in [-0.05, 0) is 37.0 Å². The molecule has 1 aromatic rings. The monoisotopic (exact) mass is 324 g/mol. The molecule has 1 amide bonds. The minimum Gasteiger partial charge on any atom is -0.338 e. The van der Waals surface area contributed by atoms with Crippen LogP contribution in [0.3, 0.4) is 0 Å². The van der Waals surface area contributed by atoms with Crippen molar-refractivity contribution in [3.05, 3.63) is 33.8 Å². The maximum absolute atomic E-state index is 12.6. The highest BCUT2D eigenvalue weighted by atomic mass is 79.9. The smallest absolute Gasteiger partial charge is 0.254 e. The summed E-state index contributed by atoms with van der Waals surface area (Å²) in [5.41, 5.74) is 7.90. The number of likely N-dealkylation sites (tertiary alicyclic amines) is 1. The molecule has 0 aliphatic carbocycles. The average molecular weight is 325 g/mol. The van der Waals surface area contributed by atoms with Gasteiger partial charge in [0.05, 0.1) is 0 Å². The van der Waals surface area contributed by atoms with Crippen molar-refractivity contribution in [1.29, 1.82) is 0 Å². The molecule has 0 spiro atoms.